The molecule has 1 N–H and O–H groups in total. The number of piperidine rings is 3. The van der Waals surface area contributed by atoms with Gasteiger partial charge in [-0.3, -0.25) is 9.80 Å². The van der Waals surface area contributed by atoms with Gasteiger partial charge < -0.3 is 9.84 Å². The molecule has 4 fully saturated rings. The highest BCUT2D eigenvalue weighted by molar-refractivity contribution is 5.34. The molecule has 0 radical (unpaired) electrons. The van der Waals surface area contributed by atoms with E-state index in [4.69, 9.17) is 4.74 Å². The van der Waals surface area contributed by atoms with Crippen molar-refractivity contribution in [3.8, 4) is 11.5 Å². The number of aromatic hydroxyl groups is 1. The number of fused-ring (bicyclic) bond motifs is 2. The molecule has 2 aromatic carbocycles. The molecule has 4 saturated heterocycles. The molecule has 4 nitrogen and oxygen atoms in total. The van der Waals surface area contributed by atoms with Crippen molar-refractivity contribution < 1.29 is 9.84 Å². The van der Waals surface area contributed by atoms with Crippen LogP contribution in [0.25, 0.3) is 0 Å². The van der Waals surface area contributed by atoms with E-state index in [0.29, 0.717) is 23.8 Å². The summed E-state index contributed by atoms with van der Waals surface area (Å²) in [5.41, 5.74) is 2.69. The van der Waals surface area contributed by atoms with Crippen LogP contribution >= 0.6 is 0 Å². The lowest BCUT2D eigenvalue weighted by molar-refractivity contribution is -0.00870. The molecule has 27 heavy (non-hydrogen) atoms. The minimum Gasteiger partial charge on any atom is -0.508 e. The fraction of sp³-hybridized carbons (Fsp3) is 0.478. The fourth-order valence-corrected chi connectivity index (χ4v) is 5.72. The molecule has 4 heteroatoms. The third-order valence-electron chi connectivity index (χ3n) is 6.94. The van der Waals surface area contributed by atoms with Crippen LogP contribution in [0.2, 0.25) is 0 Å². The number of nitrogens with zero attached hydrogens (tertiary/aromatic N) is 2. The van der Waals surface area contributed by atoms with Crippen molar-refractivity contribution >= 4 is 0 Å². The molecule has 142 valence electrons. The Balaban J connectivity index is 1.46. The van der Waals surface area contributed by atoms with Crippen molar-refractivity contribution in [2.45, 2.75) is 37.4 Å². The van der Waals surface area contributed by atoms with Crippen molar-refractivity contribution in [3.63, 3.8) is 0 Å². The summed E-state index contributed by atoms with van der Waals surface area (Å²) in [4.78, 5) is 5.45. The number of rotatable bonds is 4. The number of ether oxygens (including phenoxy) is 1. The van der Waals surface area contributed by atoms with E-state index in [1.807, 2.05) is 6.07 Å². The zero-order chi connectivity index (χ0) is 18.4. The van der Waals surface area contributed by atoms with Crippen LogP contribution in [0.3, 0.4) is 0 Å². The molecule has 4 aliphatic heterocycles. The summed E-state index contributed by atoms with van der Waals surface area (Å²) >= 11 is 0. The van der Waals surface area contributed by atoms with Crippen molar-refractivity contribution in [1.82, 2.24) is 9.80 Å². The lowest BCUT2D eigenvalue weighted by Gasteiger charge is -2.51. The van der Waals surface area contributed by atoms with Crippen LogP contribution < -0.4 is 4.74 Å². The standard InChI is InChI=1S/C23H28N2O2/c1-27-20-4-2-3-18(13-20)21-15-25(14-16-5-7-19(26)8-6-16)22-17-9-11-24(12-10-17)23(21)22/h2-8,13,17,21-23,26H,9-12,14-15H2,1H3/t21-,22+,23+/m0/s1. The highest BCUT2D eigenvalue weighted by Gasteiger charge is 2.53. The van der Waals surface area contributed by atoms with Crippen molar-refractivity contribution in [2.24, 2.45) is 5.92 Å². The van der Waals surface area contributed by atoms with Gasteiger partial charge in [0.1, 0.15) is 11.5 Å². The molecule has 2 aromatic rings. The molecule has 2 bridgehead atoms. The van der Waals surface area contributed by atoms with Crippen LogP contribution in [0.4, 0.5) is 0 Å². The topological polar surface area (TPSA) is 35.9 Å². The minimum atomic E-state index is 0.343. The first-order valence-corrected chi connectivity index (χ1v) is 10.1. The van der Waals surface area contributed by atoms with Gasteiger partial charge in [-0.15, -0.1) is 0 Å². The summed E-state index contributed by atoms with van der Waals surface area (Å²) in [7, 11) is 1.75. The first-order valence-electron chi connectivity index (χ1n) is 10.1. The van der Waals surface area contributed by atoms with Crippen molar-refractivity contribution in [1.29, 1.82) is 0 Å². The molecule has 0 spiro atoms. The summed E-state index contributed by atoms with van der Waals surface area (Å²) in [6, 6.07) is 17.7. The Kier molecular flexibility index (Phi) is 4.33. The summed E-state index contributed by atoms with van der Waals surface area (Å²) in [6.45, 7) is 4.56. The van der Waals surface area contributed by atoms with Gasteiger partial charge in [-0.2, -0.15) is 0 Å². The molecule has 4 aliphatic rings. The van der Waals surface area contributed by atoms with Gasteiger partial charge in [-0.1, -0.05) is 24.3 Å². The molecule has 6 rings (SSSR count). The van der Waals surface area contributed by atoms with Crippen LogP contribution in [-0.2, 0) is 6.54 Å². The largest absolute Gasteiger partial charge is 0.508 e. The average Bonchev–Trinajstić information content (AvgIpc) is 3.12. The Bertz CT molecular complexity index is 798. The Hall–Kier alpha value is -2.04. The number of hydrogen-bond acceptors (Lipinski definition) is 4. The van der Waals surface area contributed by atoms with Gasteiger partial charge in [-0.05, 0) is 67.2 Å². The van der Waals surface area contributed by atoms with Crippen molar-refractivity contribution in [2.75, 3.05) is 26.7 Å². The Morgan fingerprint density at radius 2 is 1.81 bits per heavy atom. The lowest BCUT2D eigenvalue weighted by Crippen LogP contribution is -2.59. The molecular formula is C23H28N2O2. The van der Waals surface area contributed by atoms with Crippen molar-refractivity contribution in [3.05, 3.63) is 59.7 Å². The predicted molar refractivity (Wildman–Crippen MR) is 106 cm³/mol. The molecular weight excluding hydrogens is 336 g/mol. The molecule has 0 amide bonds. The summed E-state index contributed by atoms with van der Waals surface area (Å²) in [5, 5.41) is 9.60. The quantitative estimate of drug-likeness (QED) is 0.901. The monoisotopic (exact) mass is 364 g/mol. The maximum atomic E-state index is 9.60. The second-order valence-corrected chi connectivity index (χ2v) is 8.33. The zero-order valence-electron chi connectivity index (χ0n) is 15.9. The maximum Gasteiger partial charge on any atom is 0.119 e. The second-order valence-electron chi connectivity index (χ2n) is 8.33. The zero-order valence-corrected chi connectivity index (χ0v) is 15.9. The summed E-state index contributed by atoms with van der Waals surface area (Å²) in [6.07, 6.45) is 2.66. The lowest BCUT2D eigenvalue weighted by atomic mass is 9.75. The first-order chi connectivity index (χ1) is 13.2. The van der Waals surface area contributed by atoms with E-state index in [1.54, 1.807) is 19.2 Å². The average molecular weight is 364 g/mol. The van der Waals surface area contributed by atoms with E-state index in [-0.39, 0.29) is 0 Å². The van der Waals surface area contributed by atoms with Crippen LogP contribution in [0.5, 0.6) is 11.5 Å². The van der Waals surface area contributed by atoms with Gasteiger partial charge >= 0.3 is 0 Å². The first kappa shape index (κ1) is 17.1. The third kappa shape index (κ3) is 3.01. The second kappa shape index (κ2) is 6.84. The number of methoxy groups -OCH3 is 1. The smallest absolute Gasteiger partial charge is 0.119 e. The van der Waals surface area contributed by atoms with E-state index in [2.05, 4.69) is 40.1 Å². The van der Waals surface area contributed by atoms with Gasteiger partial charge in [0.05, 0.1) is 7.11 Å². The van der Waals surface area contributed by atoms with Gasteiger partial charge in [-0.25, -0.2) is 0 Å². The SMILES string of the molecule is COc1cccc([C@@H]2CN(Cc3ccc(O)cc3)[C@@H]3C4CCN(CC4)[C@@H]32)c1. The number of likely N-dealkylation sites (tertiary alicyclic amines) is 1. The molecule has 0 aromatic heterocycles. The Morgan fingerprint density at radius 1 is 1.04 bits per heavy atom. The Labute approximate surface area is 161 Å². The number of benzene rings is 2. The van der Waals surface area contributed by atoms with E-state index >= 15 is 0 Å². The van der Waals surface area contributed by atoms with E-state index in [0.717, 1.165) is 24.8 Å². The molecule has 0 unspecified atom stereocenters. The third-order valence-corrected chi connectivity index (χ3v) is 6.94. The van der Waals surface area contributed by atoms with Gasteiger partial charge in [0, 0.05) is 31.1 Å². The molecule has 4 heterocycles. The molecule has 3 atom stereocenters. The van der Waals surface area contributed by atoms with Crippen LogP contribution in [-0.4, -0.2) is 53.7 Å². The summed E-state index contributed by atoms with van der Waals surface area (Å²) < 4.78 is 5.50. The number of phenols is 1. The van der Waals surface area contributed by atoms with E-state index in [9.17, 15) is 5.11 Å². The predicted octanol–water partition coefficient (Wildman–Crippen LogP) is 3.46. The normalized spacial score (nSPS) is 32.4. The number of phenolic OH excluding ortho intramolecular Hbond substituents is 1. The Morgan fingerprint density at radius 3 is 2.56 bits per heavy atom. The minimum absolute atomic E-state index is 0.343. The van der Waals surface area contributed by atoms with Gasteiger partial charge in [0.25, 0.3) is 0 Å². The fourth-order valence-electron chi connectivity index (χ4n) is 5.72. The molecule has 0 aliphatic carbocycles. The molecule has 0 saturated carbocycles. The van der Waals surface area contributed by atoms with Crippen LogP contribution in [0.1, 0.15) is 29.9 Å². The van der Waals surface area contributed by atoms with Crippen LogP contribution in [0, 0.1) is 5.92 Å². The van der Waals surface area contributed by atoms with Gasteiger partial charge in [0.2, 0.25) is 0 Å². The van der Waals surface area contributed by atoms with Crippen LogP contribution in [0.15, 0.2) is 48.5 Å². The van der Waals surface area contributed by atoms with E-state index in [1.165, 1.54) is 37.1 Å². The highest BCUT2D eigenvalue weighted by Crippen LogP contribution is 2.47. The van der Waals surface area contributed by atoms with E-state index < -0.39 is 0 Å². The number of hydrogen-bond donors (Lipinski definition) is 1. The highest BCUT2D eigenvalue weighted by atomic mass is 16.5. The summed E-state index contributed by atoms with van der Waals surface area (Å²) in [5.74, 6) is 2.64. The maximum absolute atomic E-state index is 9.60. The van der Waals surface area contributed by atoms with Gasteiger partial charge in [0.15, 0.2) is 0 Å².